The summed E-state index contributed by atoms with van der Waals surface area (Å²) in [6, 6.07) is 12.6. The average molecular weight is 411 g/mol. The Balaban J connectivity index is 1.65. The van der Waals surface area contributed by atoms with Gasteiger partial charge in [0.15, 0.2) is 5.78 Å². The first kappa shape index (κ1) is 21.7. The molecule has 1 fully saturated rings. The zero-order valence-electron chi connectivity index (χ0n) is 17.8. The molecule has 1 atom stereocenters. The van der Waals surface area contributed by atoms with E-state index in [0.717, 1.165) is 35.7 Å². The number of ketones is 1. The number of ether oxygens (including phenoxy) is 3. The fraction of sp³-hybridized carbons (Fsp3) is 0.417. The van der Waals surface area contributed by atoms with Crippen molar-refractivity contribution < 1.29 is 23.8 Å². The highest BCUT2D eigenvalue weighted by Crippen LogP contribution is 2.39. The van der Waals surface area contributed by atoms with Gasteiger partial charge >= 0.3 is 0 Å². The topological polar surface area (TPSA) is 65.1 Å². The highest BCUT2D eigenvalue weighted by Gasteiger charge is 2.32. The van der Waals surface area contributed by atoms with Crippen molar-refractivity contribution in [3.8, 4) is 17.2 Å². The minimum atomic E-state index is -0.0665. The zero-order chi connectivity index (χ0) is 21.5. The quantitative estimate of drug-likeness (QED) is 0.571. The summed E-state index contributed by atoms with van der Waals surface area (Å²) in [5, 5.41) is 0. The summed E-state index contributed by atoms with van der Waals surface area (Å²) < 4.78 is 16.3. The van der Waals surface area contributed by atoms with E-state index in [2.05, 4.69) is 0 Å². The molecule has 2 aromatic carbocycles. The van der Waals surface area contributed by atoms with Gasteiger partial charge in [-0.2, -0.15) is 0 Å². The van der Waals surface area contributed by atoms with Gasteiger partial charge in [-0.15, -0.1) is 0 Å². The van der Waals surface area contributed by atoms with E-state index in [1.54, 1.807) is 38.5 Å². The Labute approximate surface area is 177 Å². The van der Waals surface area contributed by atoms with Crippen LogP contribution in [0, 0.1) is 0 Å². The van der Waals surface area contributed by atoms with E-state index in [0.29, 0.717) is 18.7 Å². The minimum Gasteiger partial charge on any atom is -0.497 e. The number of amides is 1. The fourth-order valence-corrected chi connectivity index (χ4v) is 3.90. The van der Waals surface area contributed by atoms with E-state index in [4.69, 9.17) is 14.2 Å². The van der Waals surface area contributed by atoms with Crippen LogP contribution >= 0.6 is 0 Å². The third-order valence-corrected chi connectivity index (χ3v) is 5.42. The summed E-state index contributed by atoms with van der Waals surface area (Å²) in [5.41, 5.74) is 1.54. The molecule has 160 valence electrons. The molecular weight excluding hydrogens is 382 g/mol. The summed E-state index contributed by atoms with van der Waals surface area (Å²) >= 11 is 0. The number of rotatable bonds is 9. The molecule has 2 aromatic rings. The molecular formula is C24H29NO5. The predicted molar refractivity (Wildman–Crippen MR) is 114 cm³/mol. The van der Waals surface area contributed by atoms with Crippen molar-refractivity contribution in [3.05, 3.63) is 53.6 Å². The molecule has 30 heavy (non-hydrogen) atoms. The lowest BCUT2D eigenvalue weighted by atomic mass is 10.0. The van der Waals surface area contributed by atoms with Crippen LogP contribution in [0.25, 0.3) is 0 Å². The van der Waals surface area contributed by atoms with Crippen molar-refractivity contribution in [2.45, 2.75) is 38.6 Å². The minimum absolute atomic E-state index is 0.0124. The van der Waals surface area contributed by atoms with E-state index in [1.165, 1.54) is 0 Å². The fourth-order valence-electron chi connectivity index (χ4n) is 3.90. The van der Waals surface area contributed by atoms with E-state index in [1.807, 2.05) is 30.0 Å². The van der Waals surface area contributed by atoms with Gasteiger partial charge in [0, 0.05) is 30.5 Å². The van der Waals surface area contributed by atoms with Crippen LogP contribution in [0.2, 0.25) is 0 Å². The molecule has 3 rings (SSSR count). The summed E-state index contributed by atoms with van der Waals surface area (Å²) in [6.07, 6.45) is 2.16. The van der Waals surface area contributed by atoms with Gasteiger partial charge in [0.1, 0.15) is 17.2 Å². The molecule has 1 aliphatic rings. The lowest BCUT2D eigenvalue weighted by Gasteiger charge is -2.26. The van der Waals surface area contributed by atoms with E-state index < -0.39 is 0 Å². The van der Waals surface area contributed by atoms with Gasteiger partial charge in [0.05, 0.1) is 26.9 Å². The van der Waals surface area contributed by atoms with Crippen LogP contribution in [0.1, 0.15) is 54.6 Å². The summed E-state index contributed by atoms with van der Waals surface area (Å²) in [6.45, 7) is 3.18. The Morgan fingerprint density at radius 1 is 1.00 bits per heavy atom. The van der Waals surface area contributed by atoms with Crippen LogP contribution in [0.3, 0.4) is 0 Å². The third-order valence-electron chi connectivity index (χ3n) is 5.42. The molecule has 0 spiro atoms. The molecule has 0 aromatic heterocycles. The Hall–Kier alpha value is -3.02. The van der Waals surface area contributed by atoms with Crippen LogP contribution in [0.15, 0.2) is 42.5 Å². The molecule has 0 N–H and O–H groups in total. The first-order chi connectivity index (χ1) is 14.6. The number of carbonyl (C=O) groups excluding carboxylic acids is 2. The number of hydrogen-bond acceptors (Lipinski definition) is 5. The molecule has 1 saturated heterocycles. The first-order valence-electron chi connectivity index (χ1n) is 10.3. The maximum absolute atomic E-state index is 12.9. The van der Waals surface area contributed by atoms with Crippen LogP contribution in [-0.4, -0.2) is 44.0 Å². The number of likely N-dealkylation sites (tertiary alicyclic amines) is 1. The molecule has 1 heterocycles. The molecule has 0 bridgehead atoms. The average Bonchev–Trinajstić information content (AvgIpc) is 3.27. The van der Waals surface area contributed by atoms with Gasteiger partial charge < -0.3 is 19.1 Å². The Morgan fingerprint density at radius 3 is 2.40 bits per heavy atom. The molecule has 6 heteroatoms. The standard InChI is InChI=1S/C24H29NO5/c1-4-30-18-9-7-17(8-10-18)22(26)12-14-24(27)25-15-5-6-21(25)20-16-19(28-2)11-13-23(20)29-3/h7-11,13,16,21H,4-6,12,14-15H2,1-3H3. The molecule has 1 amide bonds. The summed E-state index contributed by atoms with van der Waals surface area (Å²) in [5.74, 6) is 2.15. The number of Topliss-reactive ketones (excluding diaryl/α,β-unsaturated/α-hetero) is 1. The van der Waals surface area contributed by atoms with Crippen molar-refractivity contribution in [2.75, 3.05) is 27.4 Å². The third kappa shape index (κ3) is 4.93. The number of methoxy groups -OCH3 is 2. The molecule has 0 saturated carbocycles. The van der Waals surface area contributed by atoms with Gasteiger partial charge in [-0.25, -0.2) is 0 Å². The number of hydrogen-bond donors (Lipinski definition) is 0. The van der Waals surface area contributed by atoms with E-state index >= 15 is 0 Å². The molecule has 1 unspecified atom stereocenters. The number of benzene rings is 2. The highest BCUT2D eigenvalue weighted by atomic mass is 16.5. The van der Waals surface area contributed by atoms with Crippen LogP contribution in [-0.2, 0) is 4.79 Å². The van der Waals surface area contributed by atoms with Gasteiger partial charge in [0.2, 0.25) is 5.91 Å². The monoisotopic (exact) mass is 411 g/mol. The van der Waals surface area contributed by atoms with Crippen molar-refractivity contribution in [1.29, 1.82) is 0 Å². The van der Waals surface area contributed by atoms with E-state index in [9.17, 15) is 9.59 Å². The second-order valence-electron chi connectivity index (χ2n) is 7.23. The normalized spacial score (nSPS) is 15.7. The Morgan fingerprint density at radius 2 is 1.73 bits per heavy atom. The summed E-state index contributed by atoms with van der Waals surface area (Å²) in [4.78, 5) is 27.3. The highest BCUT2D eigenvalue weighted by molar-refractivity contribution is 5.98. The maximum Gasteiger partial charge on any atom is 0.223 e. The van der Waals surface area contributed by atoms with Crippen LogP contribution < -0.4 is 14.2 Å². The van der Waals surface area contributed by atoms with E-state index in [-0.39, 0.29) is 30.6 Å². The largest absolute Gasteiger partial charge is 0.497 e. The lowest BCUT2D eigenvalue weighted by Crippen LogP contribution is -2.31. The first-order valence-corrected chi connectivity index (χ1v) is 10.3. The zero-order valence-corrected chi connectivity index (χ0v) is 17.8. The molecule has 1 aliphatic heterocycles. The van der Waals surface area contributed by atoms with Gasteiger partial charge in [0.25, 0.3) is 0 Å². The van der Waals surface area contributed by atoms with Crippen molar-refractivity contribution >= 4 is 11.7 Å². The lowest BCUT2D eigenvalue weighted by molar-refractivity contribution is -0.132. The number of carbonyl (C=O) groups is 2. The Bertz CT molecular complexity index is 878. The van der Waals surface area contributed by atoms with Crippen LogP contribution in [0.5, 0.6) is 17.2 Å². The second kappa shape index (κ2) is 10.1. The van der Waals surface area contributed by atoms with Crippen LogP contribution in [0.4, 0.5) is 0 Å². The van der Waals surface area contributed by atoms with Gasteiger partial charge in [-0.3, -0.25) is 9.59 Å². The van der Waals surface area contributed by atoms with Crippen molar-refractivity contribution in [3.63, 3.8) is 0 Å². The number of nitrogens with zero attached hydrogens (tertiary/aromatic N) is 1. The van der Waals surface area contributed by atoms with Gasteiger partial charge in [-0.05, 0) is 62.2 Å². The predicted octanol–water partition coefficient (Wildman–Crippen LogP) is 4.43. The molecule has 6 nitrogen and oxygen atoms in total. The maximum atomic E-state index is 12.9. The van der Waals surface area contributed by atoms with Crippen molar-refractivity contribution in [2.24, 2.45) is 0 Å². The smallest absolute Gasteiger partial charge is 0.223 e. The summed E-state index contributed by atoms with van der Waals surface area (Å²) in [7, 11) is 3.25. The molecule has 0 aliphatic carbocycles. The van der Waals surface area contributed by atoms with Crippen molar-refractivity contribution in [1.82, 2.24) is 4.90 Å². The Kier molecular flexibility index (Phi) is 7.33. The van der Waals surface area contributed by atoms with Gasteiger partial charge in [-0.1, -0.05) is 0 Å². The second-order valence-corrected chi connectivity index (χ2v) is 7.23. The molecule has 0 radical (unpaired) electrons. The SMILES string of the molecule is CCOc1ccc(C(=O)CCC(=O)N2CCCC2c2cc(OC)ccc2OC)cc1.